The lowest BCUT2D eigenvalue weighted by molar-refractivity contribution is -0.435. The van der Waals surface area contributed by atoms with E-state index in [1.54, 1.807) is 0 Å². The van der Waals surface area contributed by atoms with E-state index in [0.717, 1.165) is 16.3 Å². The minimum atomic E-state index is 0.476. The molecule has 66 valence electrons. The molecule has 1 aromatic carbocycles. The van der Waals surface area contributed by atoms with Crippen LogP contribution in [-0.2, 0) is 0 Å². The van der Waals surface area contributed by atoms with Crippen LogP contribution in [-0.4, -0.2) is 5.10 Å². The van der Waals surface area contributed by atoms with E-state index in [2.05, 4.69) is 10.2 Å². The van der Waals surface area contributed by atoms with Crippen LogP contribution in [0.5, 0.6) is 0 Å². The molecule has 5 N–H and O–H groups in total. The quantitative estimate of drug-likeness (QED) is 0.612. The summed E-state index contributed by atoms with van der Waals surface area (Å²) in [6, 6.07) is 5.90. The van der Waals surface area contributed by atoms with E-state index < -0.39 is 0 Å². The van der Waals surface area contributed by atoms with E-state index in [1.165, 1.54) is 0 Å². The van der Waals surface area contributed by atoms with Crippen molar-refractivity contribution in [3.63, 3.8) is 0 Å². The van der Waals surface area contributed by atoms with Gasteiger partial charge in [0.25, 0.3) is 5.82 Å². The molecule has 0 aliphatic rings. The first kappa shape index (κ1) is 7.79. The highest BCUT2D eigenvalue weighted by molar-refractivity contribution is 5.96. The minimum Gasteiger partial charge on any atom is -0.380 e. The lowest BCUT2D eigenvalue weighted by Gasteiger charge is -2.00. The lowest BCUT2D eigenvalue weighted by atomic mass is 10.1. The second-order valence-electron chi connectivity index (χ2n) is 3.07. The normalized spacial score (nSPS) is 10.5. The molecule has 1 aromatic heterocycles. The average molecular weight is 175 g/mol. The van der Waals surface area contributed by atoms with Gasteiger partial charge in [-0.15, -0.1) is 5.10 Å². The van der Waals surface area contributed by atoms with Crippen LogP contribution in [0.3, 0.4) is 0 Å². The molecule has 0 aliphatic carbocycles. The lowest BCUT2D eigenvalue weighted by Crippen LogP contribution is -2.17. The molecule has 2 aromatic rings. The molecule has 1 heterocycles. The van der Waals surface area contributed by atoms with Gasteiger partial charge in [0.05, 0.1) is 5.39 Å². The van der Waals surface area contributed by atoms with Crippen LogP contribution in [0.2, 0.25) is 0 Å². The van der Waals surface area contributed by atoms with E-state index in [4.69, 9.17) is 11.5 Å². The molecule has 4 heteroatoms. The van der Waals surface area contributed by atoms with Crippen molar-refractivity contribution in [1.82, 2.24) is 5.10 Å². The number of hydrogen-bond donors (Lipinski definition) is 2. The van der Waals surface area contributed by atoms with Crippen molar-refractivity contribution < 1.29 is 5.10 Å². The van der Waals surface area contributed by atoms with Crippen LogP contribution < -0.4 is 16.6 Å². The van der Waals surface area contributed by atoms with Crippen LogP contribution >= 0.6 is 0 Å². The number of rotatable bonds is 0. The molecular formula is C9H11N4+. The van der Waals surface area contributed by atoms with E-state index in [1.807, 2.05) is 25.1 Å². The van der Waals surface area contributed by atoms with Gasteiger partial charge in [-0.25, -0.2) is 0 Å². The highest BCUT2D eigenvalue weighted by Gasteiger charge is 2.07. The van der Waals surface area contributed by atoms with Crippen molar-refractivity contribution in [2.45, 2.75) is 6.92 Å². The van der Waals surface area contributed by atoms with Crippen LogP contribution in [0.1, 0.15) is 5.56 Å². The Morgan fingerprint density at radius 2 is 2.00 bits per heavy atom. The molecule has 0 bridgehead atoms. The molecule has 0 aliphatic heterocycles. The summed E-state index contributed by atoms with van der Waals surface area (Å²) in [7, 11) is 0. The fraction of sp³-hybridized carbons (Fsp3) is 0.111. The molecule has 4 nitrogen and oxygen atoms in total. The number of nitrogen functional groups attached to an aromatic ring is 2. The maximum Gasteiger partial charge on any atom is 0.298 e. The number of nitrogens with one attached hydrogen (secondary N) is 1. The molecule has 2 rings (SSSR count). The van der Waals surface area contributed by atoms with Crippen molar-refractivity contribution in [3.8, 4) is 0 Å². The monoisotopic (exact) mass is 175 g/mol. The zero-order valence-electron chi connectivity index (χ0n) is 7.33. The van der Waals surface area contributed by atoms with Gasteiger partial charge >= 0.3 is 0 Å². The third-order valence-electron chi connectivity index (χ3n) is 2.04. The van der Waals surface area contributed by atoms with E-state index in [0.29, 0.717) is 11.6 Å². The van der Waals surface area contributed by atoms with Crippen molar-refractivity contribution >= 4 is 22.4 Å². The molecule has 0 atom stereocenters. The van der Waals surface area contributed by atoms with Crippen LogP contribution in [0, 0.1) is 6.92 Å². The Balaban J connectivity index is 2.92. The van der Waals surface area contributed by atoms with Gasteiger partial charge in [-0.1, -0.05) is 16.7 Å². The zero-order valence-corrected chi connectivity index (χ0v) is 7.33. The summed E-state index contributed by atoms with van der Waals surface area (Å²) < 4.78 is 0. The summed E-state index contributed by atoms with van der Waals surface area (Å²) in [5.74, 6) is 1.03. The maximum atomic E-state index is 5.72. The number of aromatic nitrogens is 2. The highest BCUT2D eigenvalue weighted by atomic mass is 15.2. The molecule has 0 amide bonds. The molecule has 13 heavy (non-hydrogen) atoms. The first-order valence-electron chi connectivity index (χ1n) is 4.01. The Bertz CT molecular complexity index is 464. The van der Waals surface area contributed by atoms with Gasteiger partial charge in [0.15, 0.2) is 5.82 Å². The van der Waals surface area contributed by atoms with Gasteiger partial charge in [-0.3, -0.25) is 5.73 Å². The van der Waals surface area contributed by atoms with Crippen molar-refractivity contribution in [2.75, 3.05) is 11.5 Å². The van der Waals surface area contributed by atoms with Crippen LogP contribution in [0.25, 0.3) is 10.8 Å². The second kappa shape index (κ2) is 2.58. The number of H-pyrrole nitrogens is 1. The van der Waals surface area contributed by atoms with E-state index in [9.17, 15) is 0 Å². The largest absolute Gasteiger partial charge is 0.380 e. The molecule has 0 unspecified atom stereocenters. The zero-order chi connectivity index (χ0) is 9.42. The Hall–Kier alpha value is -1.84. The Morgan fingerprint density at radius 1 is 1.23 bits per heavy atom. The molecule has 0 saturated heterocycles. The maximum absolute atomic E-state index is 5.72. The third kappa shape index (κ3) is 1.16. The first-order chi connectivity index (χ1) is 6.18. The molecule has 0 fully saturated rings. The third-order valence-corrected chi connectivity index (χ3v) is 2.04. The molecule has 0 radical (unpaired) electrons. The average Bonchev–Trinajstić information content (AvgIpc) is 2.12. The Labute approximate surface area is 75.6 Å². The Kier molecular flexibility index (Phi) is 1.55. The number of aromatic amines is 1. The molecule has 0 saturated carbocycles. The number of aryl methyl sites for hydroxylation is 1. The van der Waals surface area contributed by atoms with Gasteiger partial charge < -0.3 is 5.73 Å². The fourth-order valence-electron chi connectivity index (χ4n) is 1.35. The predicted octanol–water partition coefficient (Wildman–Crippen LogP) is 0.522. The molecule has 0 spiro atoms. The van der Waals surface area contributed by atoms with E-state index in [-0.39, 0.29) is 0 Å². The predicted molar refractivity (Wildman–Crippen MR) is 51.9 cm³/mol. The smallest absolute Gasteiger partial charge is 0.298 e. The number of anilines is 2. The highest BCUT2D eigenvalue weighted by Crippen LogP contribution is 2.21. The summed E-state index contributed by atoms with van der Waals surface area (Å²) in [5, 5.41) is 8.35. The number of benzene rings is 1. The van der Waals surface area contributed by atoms with Crippen LogP contribution in [0.4, 0.5) is 11.6 Å². The van der Waals surface area contributed by atoms with Gasteiger partial charge in [-0.05, 0) is 19.1 Å². The summed E-state index contributed by atoms with van der Waals surface area (Å²) in [4.78, 5) is 0. The fourth-order valence-corrected chi connectivity index (χ4v) is 1.35. The van der Waals surface area contributed by atoms with Gasteiger partial charge in [0, 0.05) is 5.39 Å². The summed E-state index contributed by atoms with van der Waals surface area (Å²) in [5.41, 5.74) is 12.5. The van der Waals surface area contributed by atoms with Crippen molar-refractivity contribution in [3.05, 3.63) is 23.8 Å². The topological polar surface area (TPSA) is 79.1 Å². The van der Waals surface area contributed by atoms with Gasteiger partial charge in [0.1, 0.15) is 0 Å². The van der Waals surface area contributed by atoms with Gasteiger partial charge in [-0.2, -0.15) is 0 Å². The number of fused-ring (bicyclic) bond motifs is 1. The van der Waals surface area contributed by atoms with E-state index >= 15 is 0 Å². The van der Waals surface area contributed by atoms with Crippen molar-refractivity contribution in [1.29, 1.82) is 0 Å². The summed E-state index contributed by atoms with van der Waals surface area (Å²) in [6.45, 7) is 2.01. The second-order valence-corrected chi connectivity index (χ2v) is 3.07. The molecular weight excluding hydrogens is 164 g/mol. The van der Waals surface area contributed by atoms with Crippen molar-refractivity contribution in [2.24, 2.45) is 0 Å². The first-order valence-corrected chi connectivity index (χ1v) is 4.01. The summed E-state index contributed by atoms with van der Waals surface area (Å²) in [6.07, 6.45) is 0. The number of nitrogens with zero attached hydrogens (tertiary/aromatic N) is 1. The summed E-state index contributed by atoms with van der Waals surface area (Å²) >= 11 is 0. The standard InChI is InChI=1S/C9H10N4/c1-5-2-3-6-7(4-5)9(11)13-12-8(6)10/h2-4H,1H3,(H2,10,12)(H2,11,13)/p+1. The Morgan fingerprint density at radius 3 is 2.77 bits per heavy atom. The minimum absolute atomic E-state index is 0.476. The van der Waals surface area contributed by atoms with Crippen LogP contribution in [0.15, 0.2) is 18.2 Å². The number of nitrogens with two attached hydrogens (primary N) is 2. The number of hydrogen-bond acceptors (Lipinski definition) is 3. The van der Waals surface area contributed by atoms with Gasteiger partial charge in [0.2, 0.25) is 0 Å². The SMILES string of the molecule is Cc1ccc2c(N)n[nH+]c(N)c2c1.